The number of aryl methyl sites for hydroxylation is 1. The Morgan fingerprint density at radius 2 is 2.19 bits per heavy atom. The van der Waals surface area contributed by atoms with Gasteiger partial charge in [-0.2, -0.15) is 0 Å². The molecule has 0 fully saturated rings. The van der Waals surface area contributed by atoms with Crippen molar-refractivity contribution in [2.24, 2.45) is 0 Å². The lowest BCUT2D eigenvalue weighted by Crippen LogP contribution is -2.37. The number of aliphatic carboxylic acids is 1. The molecular weight excluding hydrogens is 204 g/mol. The molecule has 2 rings (SSSR count). The van der Waals surface area contributed by atoms with E-state index in [-0.39, 0.29) is 0 Å². The maximum absolute atomic E-state index is 11.2. The molecule has 16 heavy (non-hydrogen) atoms. The van der Waals surface area contributed by atoms with E-state index >= 15 is 0 Å². The number of carboxylic acid groups (broad SMARTS) is 1. The van der Waals surface area contributed by atoms with Crippen LogP contribution in [0.2, 0.25) is 0 Å². The van der Waals surface area contributed by atoms with Gasteiger partial charge in [-0.15, -0.1) is 0 Å². The molecule has 0 saturated heterocycles. The molecule has 0 bridgehead atoms. The number of fused-ring (bicyclic) bond motifs is 1. The Morgan fingerprint density at radius 1 is 1.50 bits per heavy atom. The summed E-state index contributed by atoms with van der Waals surface area (Å²) in [4.78, 5) is 11.2. The number of hydrogen-bond donors (Lipinski definition) is 1. The van der Waals surface area contributed by atoms with Gasteiger partial charge in [-0.05, 0) is 32.4 Å². The normalized spacial score (nSPS) is 22.1. The second-order valence-corrected chi connectivity index (χ2v) is 5.00. The molecule has 0 aromatic heterocycles. The fourth-order valence-electron chi connectivity index (χ4n) is 2.18. The van der Waals surface area contributed by atoms with E-state index in [1.165, 1.54) is 0 Å². The Labute approximate surface area is 95.0 Å². The Morgan fingerprint density at radius 3 is 2.81 bits per heavy atom. The standard InChI is InChI=1S/C13H16O3/c1-8-4-5-9-10(12(14)15)7-13(2,3)16-11(9)6-8/h4-6,10H,7H2,1-3H3,(H,14,15). The highest BCUT2D eigenvalue weighted by Gasteiger charge is 2.37. The number of carboxylic acids is 1. The van der Waals surface area contributed by atoms with Gasteiger partial charge in [0.05, 0.1) is 5.92 Å². The maximum atomic E-state index is 11.2. The predicted molar refractivity (Wildman–Crippen MR) is 60.9 cm³/mol. The van der Waals surface area contributed by atoms with Crippen LogP contribution in [0.15, 0.2) is 18.2 Å². The fourth-order valence-corrected chi connectivity index (χ4v) is 2.18. The Hall–Kier alpha value is -1.51. The van der Waals surface area contributed by atoms with Crippen LogP contribution < -0.4 is 4.74 Å². The summed E-state index contributed by atoms with van der Waals surface area (Å²) in [5.74, 6) is -0.524. The molecular formula is C13H16O3. The van der Waals surface area contributed by atoms with E-state index in [0.717, 1.165) is 11.1 Å². The van der Waals surface area contributed by atoms with Crippen molar-refractivity contribution >= 4 is 5.97 Å². The molecule has 1 aliphatic rings. The third-order valence-electron chi connectivity index (χ3n) is 2.92. The van der Waals surface area contributed by atoms with E-state index in [4.69, 9.17) is 4.74 Å². The van der Waals surface area contributed by atoms with Gasteiger partial charge in [-0.1, -0.05) is 12.1 Å². The molecule has 1 aromatic carbocycles. The summed E-state index contributed by atoms with van der Waals surface area (Å²) in [6.45, 7) is 5.82. The lowest BCUT2D eigenvalue weighted by Gasteiger charge is -2.36. The lowest BCUT2D eigenvalue weighted by atomic mass is 9.84. The van der Waals surface area contributed by atoms with E-state index in [2.05, 4.69) is 0 Å². The van der Waals surface area contributed by atoms with Crippen LogP contribution in [-0.4, -0.2) is 16.7 Å². The summed E-state index contributed by atoms with van der Waals surface area (Å²) in [6.07, 6.45) is 0.512. The van der Waals surface area contributed by atoms with Crippen molar-refractivity contribution in [3.8, 4) is 5.75 Å². The molecule has 1 N–H and O–H groups in total. The SMILES string of the molecule is Cc1ccc2c(c1)OC(C)(C)CC2C(=O)O. The molecule has 3 nitrogen and oxygen atoms in total. The van der Waals surface area contributed by atoms with Crippen molar-refractivity contribution in [3.63, 3.8) is 0 Å². The molecule has 1 atom stereocenters. The fraction of sp³-hybridized carbons (Fsp3) is 0.462. The molecule has 0 spiro atoms. The molecule has 1 aliphatic heterocycles. The minimum absolute atomic E-state index is 0.413. The molecule has 0 radical (unpaired) electrons. The van der Waals surface area contributed by atoms with Crippen LogP contribution in [0, 0.1) is 6.92 Å². The summed E-state index contributed by atoms with van der Waals surface area (Å²) >= 11 is 0. The zero-order valence-electron chi connectivity index (χ0n) is 9.78. The van der Waals surface area contributed by atoms with Crippen LogP contribution in [0.1, 0.15) is 37.3 Å². The molecule has 0 amide bonds. The van der Waals surface area contributed by atoms with E-state index in [1.54, 1.807) is 0 Å². The van der Waals surface area contributed by atoms with Crippen molar-refractivity contribution in [2.45, 2.75) is 38.7 Å². The zero-order valence-corrected chi connectivity index (χ0v) is 9.78. The second-order valence-electron chi connectivity index (χ2n) is 5.00. The first kappa shape index (κ1) is 11.0. The van der Waals surface area contributed by atoms with Crippen molar-refractivity contribution in [2.75, 3.05) is 0 Å². The first-order valence-corrected chi connectivity index (χ1v) is 5.41. The summed E-state index contributed by atoms with van der Waals surface area (Å²) in [5.41, 5.74) is 1.46. The van der Waals surface area contributed by atoms with Crippen molar-refractivity contribution in [1.29, 1.82) is 0 Å². The van der Waals surface area contributed by atoms with Gasteiger partial charge in [-0.3, -0.25) is 4.79 Å². The van der Waals surface area contributed by atoms with E-state index in [0.29, 0.717) is 12.2 Å². The lowest BCUT2D eigenvalue weighted by molar-refractivity contribution is -0.140. The number of ether oxygens (including phenoxy) is 1. The Balaban J connectivity index is 2.51. The third-order valence-corrected chi connectivity index (χ3v) is 2.92. The maximum Gasteiger partial charge on any atom is 0.311 e. The molecule has 1 aromatic rings. The van der Waals surface area contributed by atoms with Crippen LogP contribution in [-0.2, 0) is 4.79 Å². The first-order valence-electron chi connectivity index (χ1n) is 5.41. The van der Waals surface area contributed by atoms with E-state index in [1.807, 2.05) is 39.0 Å². The average molecular weight is 220 g/mol. The third kappa shape index (κ3) is 1.90. The molecule has 86 valence electrons. The number of rotatable bonds is 1. The summed E-state index contributed by atoms with van der Waals surface area (Å²) in [5, 5.41) is 9.23. The van der Waals surface area contributed by atoms with Gasteiger partial charge >= 0.3 is 5.97 Å². The highest BCUT2D eigenvalue weighted by atomic mass is 16.5. The average Bonchev–Trinajstić information content (AvgIpc) is 2.14. The summed E-state index contributed by atoms with van der Waals surface area (Å²) in [7, 11) is 0. The summed E-state index contributed by atoms with van der Waals surface area (Å²) in [6, 6.07) is 5.70. The topological polar surface area (TPSA) is 46.5 Å². The van der Waals surface area contributed by atoms with Gasteiger partial charge < -0.3 is 9.84 Å². The van der Waals surface area contributed by atoms with Gasteiger partial charge in [0.25, 0.3) is 0 Å². The van der Waals surface area contributed by atoms with E-state index in [9.17, 15) is 9.90 Å². The molecule has 1 heterocycles. The van der Waals surface area contributed by atoms with Crippen molar-refractivity contribution in [3.05, 3.63) is 29.3 Å². The zero-order chi connectivity index (χ0) is 11.9. The molecule has 1 unspecified atom stereocenters. The number of hydrogen-bond acceptors (Lipinski definition) is 2. The highest BCUT2D eigenvalue weighted by Crippen LogP contribution is 2.41. The van der Waals surface area contributed by atoms with Gasteiger partial charge in [0.1, 0.15) is 11.4 Å². The van der Waals surface area contributed by atoms with Crippen LogP contribution >= 0.6 is 0 Å². The molecule has 0 aliphatic carbocycles. The first-order chi connectivity index (χ1) is 7.39. The smallest absolute Gasteiger partial charge is 0.311 e. The number of benzene rings is 1. The monoisotopic (exact) mass is 220 g/mol. The Bertz CT molecular complexity index is 435. The highest BCUT2D eigenvalue weighted by molar-refractivity contribution is 5.78. The van der Waals surface area contributed by atoms with Gasteiger partial charge in [-0.25, -0.2) is 0 Å². The van der Waals surface area contributed by atoms with Crippen LogP contribution in [0.4, 0.5) is 0 Å². The number of carbonyl (C=O) groups is 1. The van der Waals surface area contributed by atoms with Crippen molar-refractivity contribution in [1.82, 2.24) is 0 Å². The predicted octanol–water partition coefficient (Wildman–Crippen LogP) is 2.72. The van der Waals surface area contributed by atoms with Gasteiger partial charge in [0.2, 0.25) is 0 Å². The molecule has 3 heteroatoms. The largest absolute Gasteiger partial charge is 0.488 e. The van der Waals surface area contributed by atoms with Gasteiger partial charge in [0, 0.05) is 12.0 Å². The minimum Gasteiger partial charge on any atom is -0.488 e. The van der Waals surface area contributed by atoms with Crippen molar-refractivity contribution < 1.29 is 14.6 Å². The summed E-state index contributed by atoms with van der Waals surface area (Å²) < 4.78 is 5.82. The van der Waals surface area contributed by atoms with Gasteiger partial charge in [0.15, 0.2) is 0 Å². The molecule has 0 saturated carbocycles. The van der Waals surface area contributed by atoms with Crippen LogP contribution in [0.5, 0.6) is 5.75 Å². The Kier molecular flexibility index (Phi) is 2.41. The minimum atomic E-state index is -0.776. The quantitative estimate of drug-likeness (QED) is 0.791. The second kappa shape index (κ2) is 3.51. The van der Waals surface area contributed by atoms with E-state index < -0.39 is 17.5 Å². The van der Waals surface area contributed by atoms with Crippen LogP contribution in [0.25, 0.3) is 0 Å². The van der Waals surface area contributed by atoms with Crippen LogP contribution in [0.3, 0.4) is 0 Å².